The van der Waals surface area contributed by atoms with Crippen LogP contribution in [0.5, 0.6) is 0 Å². The Balaban J connectivity index is 1.96. The van der Waals surface area contributed by atoms with Crippen LogP contribution in [-0.4, -0.2) is 45.6 Å². The van der Waals surface area contributed by atoms with Crippen molar-refractivity contribution in [2.24, 2.45) is 0 Å². The molecule has 1 atom stereocenters. The van der Waals surface area contributed by atoms with E-state index in [0.29, 0.717) is 25.5 Å². The Bertz CT molecular complexity index is 641. The summed E-state index contributed by atoms with van der Waals surface area (Å²) in [5.41, 5.74) is 0.0753. The van der Waals surface area contributed by atoms with Crippen molar-refractivity contribution in [1.82, 2.24) is 19.8 Å². The molecule has 0 N–H and O–H groups in total. The van der Waals surface area contributed by atoms with Crippen LogP contribution in [0.25, 0.3) is 5.65 Å². The van der Waals surface area contributed by atoms with Gasteiger partial charge in [-0.2, -0.15) is 17.7 Å². The molecule has 0 spiro atoms. The van der Waals surface area contributed by atoms with Gasteiger partial charge in [0, 0.05) is 13.1 Å². The normalized spacial score (nSPS) is 20.2. The highest BCUT2D eigenvalue weighted by Gasteiger charge is 2.37. The zero-order valence-corrected chi connectivity index (χ0v) is 11.3. The van der Waals surface area contributed by atoms with Gasteiger partial charge in [0.15, 0.2) is 5.65 Å². The Hall–Kier alpha value is -1.90. The van der Waals surface area contributed by atoms with E-state index in [1.165, 1.54) is 6.07 Å². The molecule has 1 saturated heterocycles. The number of rotatable bonds is 2. The van der Waals surface area contributed by atoms with Gasteiger partial charge in [0.2, 0.25) is 0 Å². The fourth-order valence-corrected chi connectivity index (χ4v) is 2.30. The number of alkyl halides is 3. The second-order valence-electron chi connectivity index (χ2n) is 4.83. The Morgan fingerprint density at radius 1 is 1.33 bits per heavy atom. The number of hydrogen-bond donors (Lipinski definition) is 0. The Labute approximate surface area is 118 Å². The van der Waals surface area contributed by atoms with E-state index in [1.807, 2.05) is 11.8 Å². The lowest BCUT2D eigenvalue weighted by Gasteiger charge is -2.33. The fraction of sp³-hybridized carbons (Fsp3) is 0.583. The lowest BCUT2D eigenvalue weighted by molar-refractivity contribution is -0.146. The summed E-state index contributed by atoms with van der Waals surface area (Å²) in [6.45, 7) is 3.75. The van der Waals surface area contributed by atoms with Gasteiger partial charge in [0.25, 0.3) is 5.82 Å². The van der Waals surface area contributed by atoms with Crippen LogP contribution in [-0.2, 0) is 10.9 Å². The van der Waals surface area contributed by atoms with E-state index in [1.54, 1.807) is 6.07 Å². The SMILES string of the molecule is CC[C@@H]1CN(c2ccc3nnc(C(F)(F)F)n3n2)CCO1. The summed E-state index contributed by atoms with van der Waals surface area (Å²) in [5.74, 6) is -0.644. The van der Waals surface area contributed by atoms with Crippen molar-refractivity contribution in [1.29, 1.82) is 0 Å². The van der Waals surface area contributed by atoms with Gasteiger partial charge in [0.05, 0.1) is 12.7 Å². The number of fused-ring (bicyclic) bond motifs is 1. The highest BCUT2D eigenvalue weighted by atomic mass is 19.4. The minimum atomic E-state index is -4.58. The number of morpholine rings is 1. The molecule has 1 fully saturated rings. The largest absolute Gasteiger partial charge is 0.453 e. The zero-order valence-electron chi connectivity index (χ0n) is 11.3. The summed E-state index contributed by atoms with van der Waals surface area (Å²) in [6, 6.07) is 3.14. The van der Waals surface area contributed by atoms with Crippen molar-refractivity contribution < 1.29 is 17.9 Å². The first-order valence-electron chi connectivity index (χ1n) is 6.65. The quantitative estimate of drug-likeness (QED) is 0.846. The van der Waals surface area contributed by atoms with E-state index in [-0.39, 0.29) is 11.8 Å². The van der Waals surface area contributed by atoms with Crippen molar-refractivity contribution in [2.75, 3.05) is 24.6 Å². The summed E-state index contributed by atoms with van der Waals surface area (Å²) in [4.78, 5) is 1.91. The molecule has 0 unspecified atom stereocenters. The maximum absolute atomic E-state index is 12.8. The van der Waals surface area contributed by atoms with Gasteiger partial charge in [-0.15, -0.1) is 15.3 Å². The second kappa shape index (κ2) is 5.14. The van der Waals surface area contributed by atoms with E-state index >= 15 is 0 Å². The lowest BCUT2D eigenvalue weighted by atomic mass is 10.2. The van der Waals surface area contributed by atoms with E-state index in [2.05, 4.69) is 15.3 Å². The van der Waals surface area contributed by atoms with Crippen molar-refractivity contribution in [3.8, 4) is 0 Å². The summed E-state index contributed by atoms with van der Waals surface area (Å²) in [6.07, 6.45) is -3.67. The number of halogens is 3. The molecule has 0 amide bonds. The molecule has 9 heteroatoms. The number of ether oxygens (including phenoxy) is 1. The van der Waals surface area contributed by atoms with E-state index in [9.17, 15) is 13.2 Å². The minimum Gasteiger partial charge on any atom is -0.375 e. The highest BCUT2D eigenvalue weighted by molar-refractivity contribution is 5.46. The minimum absolute atomic E-state index is 0.0687. The molecule has 6 nitrogen and oxygen atoms in total. The Kier molecular flexibility index (Phi) is 3.44. The van der Waals surface area contributed by atoms with E-state index in [0.717, 1.165) is 10.9 Å². The molecular formula is C12H14F3N5O. The van der Waals surface area contributed by atoms with Gasteiger partial charge in [0.1, 0.15) is 5.82 Å². The van der Waals surface area contributed by atoms with Crippen LogP contribution in [0, 0.1) is 0 Å². The standard InChI is InChI=1S/C12H14F3N5O/c1-2-8-7-19(5-6-21-8)10-4-3-9-16-17-11(12(13,14)15)20(9)18-10/h3-4,8H,2,5-7H2,1H3/t8-/m1/s1. The molecule has 3 rings (SSSR count). The molecule has 1 aliphatic rings. The predicted octanol–water partition coefficient (Wildman–Crippen LogP) is 1.76. The Morgan fingerprint density at radius 2 is 2.14 bits per heavy atom. The fourth-order valence-electron chi connectivity index (χ4n) is 2.30. The van der Waals surface area contributed by atoms with Gasteiger partial charge in [-0.05, 0) is 18.6 Å². The molecule has 21 heavy (non-hydrogen) atoms. The van der Waals surface area contributed by atoms with Gasteiger partial charge in [-0.3, -0.25) is 0 Å². The second-order valence-corrected chi connectivity index (χ2v) is 4.83. The van der Waals surface area contributed by atoms with Crippen molar-refractivity contribution in [3.63, 3.8) is 0 Å². The average Bonchev–Trinajstić information content (AvgIpc) is 2.90. The maximum Gasteiger partial charge on any atom is 0.453 e. The number of aromatic nitrogens is 4. The van der Waals surface area contributed by atoms with E-state index < -0.39 is 12.0 Å². The zero-order chi connectivity index (χ0) is 15.0. The number of anilines is 1. The molecule has 2 aromatic heterocycles. The molecular weight excluding hydrogens is 287 g/mol. The third-order valence-electron chi connectivity index (χ3n) is 3.42. The van der Waals surface area contributed by atoms with Gasteiger partial charge >= 0.3 is 6.18 Å². The third-order valence-corrected chi connectivity index (χ3v) is 3.42. The van der Waals surface area contributed by atoms with Gasteiger partial charge < -0.3 is 9.64 Å². The summed E-state index contributed by atoms with van der Waals surface area (Å²) >= 11 is 0. The van der Waals surface area contributed by atoms with Crippen molar-refractivity contribution in [3.05, 3.63) is 18.0 Å². The monoisotopic (exact) mass is 301 g/mol. The molecule has 1 aliphatic heterocycles. The van der Waals surface area contributed by atoms with Gasteiger partial charge in [-0.1, -0.05) is 6.92 Å². The predicted molar refractivity (Wildman–Crippen MR) is 68.0 cm³/mol. The van der Waals surface area contributed by atoms with Crippen LogP contribution in [0.1, 0.15) is 19.2 Å². The summed E-state index contributed by atoms with van der Waals surface area (Å²) < 4.78 is 44.8. The smallest absolute Gasteiger partial charge is 0.375 e. The number of nitrogens with zero attached hydrogens (tertiary/aromatic N) is 5. The van der Waals surface area contributed by atoms with Crippen LogP contribution >= 0.6 is 0 Å². The lowest BCUT2D eigenvalue weighted by Crippen LogP contribution is -2.42. The third kappa shape index (κ3) is 2.65. The molecule has 0 aliphatic carbocycles. The van der Waals surface area contributed by atoms with E-state index in [4.69, 9.17) is 4.74 Å². The molecule has 0 aromatic carbocycles. The summed E-state index contributed by atoms with van der Waals surface area (Å²) in [5, 5.41) is 10.7. The van der Waals surface area contributed by atoms with Crippen molar-refractivity contribution in [2.45, 2.75) is 25.6 Å². The van der Waals surface area contributed by atoms with Crippen LogP contribution in [0.15, 0.2) is 12.1 Å². The maximum atomic E-state index is 12.8. The molecule has 114 valence electrons. The average molecular weight is 301 g/mol. The van der Waals surface area contributed by atoms with Crippen LogP contribution in [0.2, 0.25) is 0 Å². The van der Waals surface area contributed by atoms with Crippen LogP contribution in [0.3, 0.4) is 0 Å². The van der Waals surface area contributed by atoms with Crippen LogP contribution in [0.4, 0.5) is 19.0 Å². The Morgan fingerprint density at radius 3 is 2.86 bits per heavy atom. The topological polar surface area (TPSA) is 55.6 Å². The first-order chi connectivity index (χ1) is 9.99. The van der Waals surface area contributed by atoms with Gasteiger partial charge in [-0.25, -0.2) is 0 Å². The molecule has 2 aromatic rings. The first-order valence-corrected chi connectivity index (χ1v) is 6.65. The number of hydrogen-bond acceptors (Lipinski definition) is 5. The molecule has 3 heterocycles. The van der Waals surface area contributed by atoms with Crippen LogP contribution < -0.4 is 4.90 Å². The molecule has 0 radical (unpaired) electrons. The first kappa shape index (κ1) is 14.1. The molecule has 0 saturated carbocycles. The molecule has 0 bridgehead atoms. The highest BCUT2D eigenvalue weighted by Crippen LogP contribution is 2.28. The summed E-state index contributed by atoms with van der Waals surface area (Å²) in [7, 11) is 0. The van der Waals surface area contributed by atoms with Crippen molar-refractivity contribution >= 4 is 11.5 Å².